The molecule has 0 N–H and O–H groups in total. The molecule has 0 saturated carbocycles. The van der Waals surface area contributed by atoms with Gasteiger partial charge in [-0.15, -0.1) is 0 Å². The van der Waals surface area contributed by atoms with Gasteiger partial charge in [-0.25, -0.2) is 0 Å². The number of rotatable bonds is 6. The smallest absolute Gasteiger partial charge is 0.260 e. The summed E-state index contributed by atoms with van der Waals surface area (Å²) in [6, 6.07) is 4.97. The highest BCUT2D eigenvalue weighted by Gasteiger charge is 2.15. The lowest BCUT2D eigenvalue weighted by molar-refractivity contribution is -0.132. The van der Waals surface area contributed by atoms with Gasteiger partial charge >= 0.3 is 0 Å². The number of hydrogen-bond donors (Lipinski definition) is 0. The van der Waals surface area contributed by atoms with E-state index in [1.165, 1.54) is 19.2 Å². The van der Waals surface area contributed by atoms with Crippen molar-refractivity contribution in [2.24, 2.45) is 0 Å². The van der Waals surface area contributed by atoms with Crippen LogP contribution in [0.5, 0.6) is 11.5 Å². The van der Waals surface area contributed by atoms with Crippen molar-refractivity contribution in [1.82, 2.24) is 4.90 Å². The van der Waals surface area contributed by atoms with Crippen LogP contribution in [0, 0.1) is 11.3 Å². The molecule has 0 aliphatic heterocycles. The zero-order chi connectivity index (χ0) is 15.1. The number of benzene rings is 1. The Morgan fingerprint density at radius 1 is 1.40 bits per heavy atom. The third kappa shape index (κ3) is 3.78. The first kappa shape index (κ1) is 16.1. The van der Waals surface area contributed by atoms with Crippen LogP contribution in [0.2, 0.25) is 5.02 Å². The first-order valence-electron chi connectivity index (χ1n) is 6.25. The fraction of sp³-hybridized carbons (Fsp3) is 0.429. The van der Waals surface area contributed by atoms with Gasteiger partial charge < -0.3 is 14.4 Å². The van der Waals surface area contributed by atoms with E-state index in [4.69, 9.17) is 26.3 Å². The van der Waals surface area contributed by atoms with E-state index >= 15 is 0 Å². The molecule has 0 unspecified atom stereocenters. The number of ether oxygens (including phenoxy) is 2. The Morgan fingerprint density at radius 3 is 2.55 bits per heavy atom. The van der Waals surface area contributed by atoms with Crippen LogP contribution in [0.3, 0.4) is 0 Å². The fourth-order valence-corrected chi connectivity index (χ4v) is 1.99. The van der Waals surface area contributed by atoms with Gasteiger partial charge in [0.1, 0.15) is 0 Å². The summed E-state index contributed by atoms with van der Waals surface area (Å²) in [6.45, 7) is 4.92. The predicted molar refractivity (Wildman–Crippen MR) is 76.1 cm³/mol. The lowest BCUT2D eigenvalue weighted by Crippen LogP contribution is -2.34. The third-order valence-electron chi connectivity index (χ3n) is 2.81. The quantitative estimate of drug-likeness (QED) is 0.809. The van der Waals surface area contributed by atoms with Crippen molar-refractivity contribution in [3.8, 4) is 17.6 Å². The van der Waals surface area contributed by atoms with Crippen molar-refractivity contribution in [2.45, 2.75) is 13.8 Å². The van der Waals surface area contributed by atoms with Crippen molar-refractivity contribution in [3.63, 3.8) is 0 Å². The summed E-state index contributed by atoms with van der Waals surface area (Å²) in [5.41, 5.74) is 0.370. The van der Waals surface area contributed by atoms with Crippen molar-refractivity contribution in [2.75, 3.05) is 26.8 Å². The zero-order valence-corrected chi connectivity index (χ0v) is 12.5. The molecule has 1 amide bonds. The molecule has 20 heavy (non-hydrogen) atoms. The molecule has 1 aromatic carbocycles. The van der Waals surface area contributed by atoms with Crippen LogP contribution in [0.25, 0.3) is 0 Å². The highest BCUT2D eigenvalue weighted by Crippen LogP contribution is 2.36. The van der Waals surface area contributed by atoms with Crippen molar-refractivity contribution in [1.29, 1.82) is 5.26 Å². The van der Waals surface area contributed by atoms with Crippen molar-refractivity contribution in [3.05, 3.63) is 22.7 Å². The molecule has 6 heteroatoms. The Hall–Kier alpha value is -1.93. The lowest BCUT2D eigenvalue weighted by Gasteiger charge is -2.19. The summed E-state index contributed by atoms with van der Waals surface area (Å²) in [5, 5.41) is 9.11. The Labute approximate surface area is 123 Å². The topological polar surface area (TPSA) is 62.6 Å². The number of hydrogen-bond acceptors (Lipinski definition) is 4. The van der Waals surface area contributed by atoms with Gasteiger partial charge in [-0.1, -0.05) is 11.6 Å². The van der Waals surface area contributed by atoms with Crippen LogP contribution in [-0.2, 0) is 4.79 Å². The molecule has 0 heterocycles. The summed E-state index contributed by atoms with van der Waals surface area (Å²) < 4.78 is 10.6. The second-order valence-electron chi connectivity index (χ2n) is 3.96. The van der Waals surface area contributed by atoms with Crippen LogP contribution in [-0.4, -0.2) is 37.6 Å². The Bertz CT molecular complexity index is 522. The van der Waals surface area contributed by atoms with Gasteiger partial charge in [0.05, 0.1) is 23.8 Å². The molecule has 0 spiro atoms. The maximum atomic E-state index is 11.9. The standard InChI is InChI=1S/C14H17ClN2O3/c1-4-17(5-2)13(18)9-20-14-11(15)6-10(8-16)7-12(14)19-3/h6-7H,4-5,9H2,1-3H3. The number of amides is 1. The van der Waals surface area contributed by atoms with E-state index in [0.29, 0.717) is 24.4 Å². The second-order valence-corrected chi connectivity index (χ2v) is 4.36. The van der Waals surface area contributed by atoms with Gasteiger partial charge in [0.15, 0.2) is 18.1 Å². The monoisotopic (exact) mass is 296 g/mol. The minimum absolute atomic E-state index is 0.121. The van der Waals surface area contributed by atoms with Crippen LogP contribution >= 0.6 is 11.6 Å². The number of nitriles is 1. The molecule has 108 valence electrons. The van der Waals surface area contributed by atoms with Crippen molar-refractivity contribution < 1.29 is 14.3 Å². The van der Waals surface area contributed by atoms with Gasteiger partial charge in [0, 0.05) is 19.2 Å². The largest absolute Gasteiger partial charge is 0.493 e. The maximum absolute atomic E-state index is 11.9. The molecule has 5 nitrogen and oxygen atoms in total. The first-order valence-corrected chi connectivity index (χ1v) is 6.63. The molecule has 0 fully saturated rings. The summed E-state index contributed by atoms with van der Waals surface area (Å²) in [6.07, 6.45) is 0. The zero-order valence-electron chi connectivity index (χ0n) is 11.8. The molecule has 0 bridgehead atoms. The van der Waals surface area contributed by atoms with Crippen LogP contribution in [0.4, 0.5) is 0 Å². The molecule has 1 rings (SSSR count). The SMILES string of the molecule is CCN(CC)C(=O)COc1c(Cl)cc(C#N)cc1OC. The Kier molecular flexibility index (Phi) is 6.13. The maximum Gasteiger partial charge on any atom is 0.260 e. The van der Waals surface area contributed by atoms with Gasteiger partial charge in [-0.3, -0.25) is 4.79 Å². The lowest BCUT2D eigenvalue weighted by atomic mass is 10.2. The van der Waals surface area contributed by atoms with Gasteiger partial charge in [0.2, 0.25) is 0 Å². The predicted octanol–water partition coefficient (Wildman–Crippen LogP) is 2.47. The summed E-state index contributed by atoms with van der Waals surface area (Å²) in [7, 11) is 1.45. The van der Waals surface area contributed by atoms with Crippen LogP contribution in [0.1, 0.15) is 19.4 Å². The van der Waals surface area contributed by atoms with E-state index in [-0.39, 0.29) is 23.3 Å². The van der Waals surface area contributed by atoms with Crippen molar-refractivity contribution >= 4 is 17.5 Å². The number of halogens is 1. The third-order valence-corrected chi connectivity index (χ3v) is 3.10. The van der Waals surface area contributed by atoms with Crippen LogP contribution in [0.15, 0.2) is 12.1 Å². The molecule has 1 aromatic rings. The minimum Gasteiger partial charge on any atom is -0.493 e. The highest BCUT2D eigenvalue weighted by atomic mass is 35.5. The van der Waals surface area contributed by atoms with E-state index in [9.17, 15) is 4.79 Å². The number of nitrogens with zero attached hydrogens (tertiary/aromatic N) is 2. The number of methoxy groups -OCH3 is 1. The number of carbonyl (C=O) groups excluding carboxylic acids is 1. The molecular formula is C14H17ClN2O3. The molecule has 0 saturated heterocycles. The van der Waals surface area contributed by atoms with Gasteiger partial charge in [0.25, 0.3) is 5.91 Å². The van der Waals surface area contributed by atoms with Gasteiger partial charge in [-0.05, 0) is 19.9 Å². The normalized spacial score (nSPS) is 9.75. The first-order chi connectivity index (χ1) is 9.57. The summed E-state index contributed by atoms with van der Waals surface area (Å²) in [4.78, 5) is 13.5. The summed E-state index contributed by atoms with van der Waals surface area (Å²) >= 11 is 6.04. The highest BCUT2D eigenvalue weighted by molar-refractivity contribution is 6.32. The average Bonchev–Trinajstić information content (AvgIpc) is 2.46. The molecule has 0 aliphatic rings. The van der Waals surface area contributed by atoms with E-state index < -0.39 is 0 Å². The van der Waals surface area contributed by atoms with Crippen LogP contribution < -0.4 is 9.47 Å². The van der Waals surface area contributed by atoms with Gasteiger partial charge in [-0.2, -0.15) is 5.26 Å². The number of likely N-dealkylation sites (N-methyl/N-ethyl adjacent to an activating group) is 1. The van der Waals surface area contributed by atoms with E-state index in [1.807, 2.05) is 19.9 Å². The molecule has 0 aliphatic carbocycles. The fourth-order valence-electron chi connectivity index (χ4n) is 1.73. The Morgan fingerprint density at radius 2 is 2.05 bits per heavy atom. The van der Waals surface area contributed by atoms with E-state index in [0.717, 1.165) is 0 Å². The second kappa shape index (κ2) is 7.61. The molecule has 0 atom stereocenters. The molecule has 0 radical (unpaired) electrons. The number of carbonyl (C=O) groups is 1. The van der Waals surface area contributed by atoms with E-state index in [2.05, 4.69) is 0 Å². The Balaban J connectivity index is 2.88. The summed E-state index contributed by atoms with van der Waals surface area (Å²) in [5.74, 6) is 0.479. The molecular weight excluding hydrogens is 280 g/mol. The molecule has 0 aromatic heterocycles. The average molecular weight is 297 g/mol. The van der Waals surface area contributed by atoms with E-state index in [1.54, 1.807) is 4.90 Å². The minimum atomic E-state index is -0.127.